The van der Waals surface area contributed by atoms with E-state index in [-0.39, 0.29) is 11.8 Å². The molecular weight excluding hydrogens is 359 g/mol. The summed E-state index contributed by atoms with van der Waals surface area (Å²) in [6.07, 6.45) is 1.43. The summed E-state index contributed by atoms with van der Waals surface area (Å²) in [4.78, 5) is 19.6. The van der Waals surface area contributed by atoms with E-state index in [9.17, 15) is 9.90 Å². The fraction of sp³-hybridized carbons (Fsp3) is 0.533. The van der Waals surface area contributed by atoms with E-state index >= 15 is 0 Å². The summed E-state index contributed by atoms with van der Waals surface area (Å²) in [7, 11) is 3.04. The predicted molar refractivity (Wildman–Crippen MR) is 96.5 cm³/mol. The maximum atomic E-state index is 11.5. The monoisotopic (exact) mass is 377 g/mol. The largest absolute Gasteiger partial charge is 0.438 e. The molecular formula is C15H18B2ClN3O5. The minimum Gasteiger partial charge on any atom is -0.438 e. The zero-order valence-corrected chi connectivity index (χ0v) is 15.4. The van der Waals surface area contributed by atoms with Crippen molar-refractivity contribution >= 4 is 43.9 Å². The van der Waals surface area contributed by atoms with E-state index in [2.05, 4.69) is 9.97 Å². The van der Waals surface area contributed by atoms with Crippen LogP contribution in [0.25, 0.3) is 11.0 Å². The number of carbonyl (C=O) groups excluding carboxylic acids is 1. The van der Waals surface area contributed by atoms with E-state index in [1.54, 1.807) is 38.8 Å². The van der Waals surface area contributed by atoms with Gasteiger partial charge in [0.2, 0.25) is 0 Å². The average Bonchev–Trinajstić information content (AvgIpc) is 3.10. The molecule has 1 fully saturated rings. The van der Waals surface area contributed by atoms with Crippen LogP contribution in [0.5, 0.6) is 0 Å². The first kappa shape index (κ1) is 19.3. The molecule has 0 aliphatic carbocycles. The zero-order chi connectivity index (χ0) is 18.9. The third-order valence-electron chi connectivity index (χ3n) is 4.40. The van der Waals surface area contributed by atoms with Crippen LogP contribution in [0.1, 0.15) is 23.5 Å². The Hall–Kier alpha value is -1.45. The first-order valence-corrected chi connectivity index (χ1v) is 8.50. The van der Waals surface area contributed by atoms with E-state index in [1.165, 1.54) is 13.8 Å². The number of halogens is 1. The first-order chi connectivity index (χ1) is 12.5. The van der Waals surface area contributed by atoms with Crippen molar-refractivity contribution in [2.45, 2.75) is 44.6 Å². The Labute approximate surface area is 157 Å². The number of nitrogens with zero attached hydrogens (tertiary/aromatic N) is 3. The second-order valence-electron chi connectivity index (χ2n) is 6.09. The summed E-state index contributed by atoms with van der Waals surface area (Å²) < 4.78 is 18.6. The van der Waals surface area contributed by atoms with Crippen molar-refractivity contribution in [2.75, 3.05) is 6.61 Å². The van der Waals surface area contributed by atoms with Crippen molar-refractivity contribution in [3.63, 3.8) is 0 Å². The first-order valence-electron chi connectivity index (χ1n) is 8.12. The van der Waals surface area contributed by atoms with Crippen LogP contribution in [0, 0.1) is 0 Å². The van der Waals surface area contributed by atoms with Gasteiger partial charge < -0.3 is 23.7 Å². The minimum absolute atomic E-state index is 0.156. The quantitative estimate of drug-likeness (QED) is 0.441. The number of rotatable bonds is 7. The van der Waals surface area contributed by atoms with Gasteiger partial charge in [0.05, 0.1) is 12.0 Å². The highest BCUT2D eigenvalue weighted by molar-refractivity contribution is 6.35. The lowest BCUT2D eigenvalue weighted by Crippen LogP contribution is -2.46. The molecule has 8 nitrogen and oxygen atoms in total. The number of aliphatic hydroxyl groups is 1. The van der Waals surface area contributed by atoms with Gasteiger partial charge in [-0.2, -0.15) is 0 Å². The van der Waals surface area contributed by atoms with Crippen molar-refractivity contribution in [3.05, 3.63) is 23.2 Å². The topological polar surface area (TPSA) is 95.7 Å². The van der Waals surface area contributed by atoms with Gasteiger partial charge in [-0.3, -0.25) is 4.79 Å². The summed E-state index contributed by atoms with van der Waals surface area (Å²) in [5, 5.41) is 11.7. The number of fused-ring (bicyclic) bond motifs is 1. The van der Waals surface area contributed by atoms with Crippen LogP contribution in [-0.4, -0.2) is 65.3 Å². The van der Waals surface area contributed by atoms with Gasteiger partial charge in [0.1, 0.15) is 34.9 Å². The standard InChI is InChI=1S/C15H18B2ClN3O5/c1-15(23)11(26-17-3)9(6-24-16-2)25-14(15)21-4-8(5-22)10-12(18)19-7-20-13(10)21/h4-5,7,9,11,14,23H,6H2,1-3H3. The maximum absolute atomic E-state index is 11.5. The van der Waals surface area contributed by atoms with Gasteiger partial charge in [0.15, 0.2) is 12.5 Å². The fourth-order valence-electron chi connectivity index (χ4n) is 3.27. The molecule has 2 aromatic rings. The second-order valence-corrected chi connectivity index (χ2v) is 6.44. The number of carbonyl (C=O) groups is 1. The third-order valence-corrected chi connectivity index (χ3v) is 4.69. The van der Waals surface area contributed by atoms with E-state index in [4.69, 9.17) is 25.6 Å². The molecule has 1 aliphatic rings. The van der Waals surface area contributed by atoms with Crippen molar-refractivity contribution < 1.29 is 23.9 Å². The number of ether oxygens (including phenoxy) is 1. The van der Waals surface area contributed by atoms with Crippen LogP contribution in [0.3, 0.4) is 0 Å². The van der Waals surface area contributed by atoms with Gasteiger partial charge in [-0.15, -0.1) is 0 Å². The Morgan fingerprint density at radius 2 is 2.23 bits per heavy atom. The van der Waals surface area contributed by atoms with E-state index in [0.29, 0.717) is 22.9 Å². The van der Waals surface area contributed by atoms with Gasteiger partial charge in [-0.25, -0.2) is 9.97 Å². The number of aldehydes is 1. The van der Waals surface area contributed by atoms with Crippen LogP contribution in [0.4, 0.5) is 0 Å². The van der Waals surface area contributed by atoms with Crippen molar-refractivity contribution in [3.8, 4) is 0 Å². The number of hydrogen-bond donors (Lipinski definition) is 1. The molecule has 0 saturated carbocycles. The molecule has 3 rings (SSSR count). The van der Waals surface area contributed by atoms with E-state index < -0.39 is 24.0 Å². The van der Waals surface area contributed by atoms with E-state index in [0.717, 1.165) is 0 Å². The predicted octanol–water partition coefficient (Wildman–Crippen LogP) is 1.28. The molecule has 0 bridgehead atoms. The van der Waals surface area contributed by atoms with Gasteiger partial charge >= 0.3 is 0 Å². The summed E-state index contributed by atoms with van der Waals surface area (Å²) in [6, 6.07) is 0. The number of aromatic nitrogens is 3. The molecule has 0 aromatic carbocycles. The van der Waals surface area contributed by atoms with Gasteiger partial charge in [-0.1, -0.05) is 25.2 Å². The maximum Gasteiger partial charge on any atom is 0.289 e. The van der Waals surface area contributed by atoms with E-state index in [1.807, 2.05) is 0 Å². The average molecular weight is 377 g/mol. The SMILES string of the molecule is C[B]OCC1OC(n2cc(C=O)c3c(Cl)ncnc32)C(C)(O)C1O[B]C. The lowest BCUT2D eigenvalue weighted by atomic mass is 9.93. The molecule has 11 heteroatoms. The summed E-state index contributed by atoms with van der Waals surface area (Å²) >= 11 is 6.13. The zero-order valence-electron chi connectivity index (χ0n) is 14.6. The Balaban J connectivity index is 2.07. The molecule has 26 heavy (non-hydrogen) atoms. The van der Waals surface area contributed by atoms with Crippen molar-refractivity contribution in [2.24, 2.45) is 0 Å². The Morgan fingerprint density at radius 3 is 2.88 bits per heavy atom. The highest BCUT2D eigenvalue weighted by Crippen LogP contribution is 2.42. The molecule has 4 atom stereocenters. The second kappa shape index (κ2) is 7.66. The molecule has 2 aromatic heterocycles. The molecule has 1 aliphatic heterocycles. The number of hydrogen-bond acceptors (Lipinski definition) is 7. The van der Waals surface area contributed by atoms with Crippen LogP contribution in [0.2, 0.25) is 18.8 Å². The Morgan fingerprint density at radius 1 is 1.46 bits per heavy atom. The highest BCUT2D eigenvalue weighted by atomic mass is 35.5. The van der Waals surface area contributed by atoms with Gasteiger partial charge in [0.25, 0.3) is 15.0 Å². The normalized spacial score (nSPS) is 28.4. The lowest BCUT2D eigenvalue weighted by molar-refractivity contribution is -0.0915. The van der Waals surface area contributed by atoms with Crippen molar-refractivity contribution in [1.29, 1.82) is 0 Å². The lowest BCUT2D eigenvalue weighted by Gasteiger charge is -2.30. The third kappa shape index (κ3) is 3.16. The molecule has 2 radical (unpaired) electrons. The fourth-order valence-corrected chi connectivity index (χ4v) is 3.51. The molecule has 136 valence electrons. The Kier molecular flexibility index (Phi) is 5.69. The Bertz CT molecular complexity index is 803. The van der Waals surface area contributed by atoms with Crippen molar-refractivity contribution in [1.82, 2.24) is 14.5 Å². The molecule has 3 heterocycles. The molecule has 1 saturated heterocycles. The van der Waals surface area contributed by atoms with Crippen LogP contribution in [-0.2, 0) is 14.0 Å². The molecule has 1 N–H and O–H groups in total. The highest BCUT2D eigenvalue weighted by Gasteiger charge is 2.54. The minimum atomic E-state index is -1.42. The summed E-state index contributed by atoms with van der Waals surface area (Å²) in [5.74, 6) is 0. The van der Waals surface area contributed by atoms with Gasteiger partial charge in [0, 0.05) is 11.8 Å². The van der Waals surface area contributed by atoms with Crippen LogP contribution in [0.15, 0.2) is 12.5 Å². The summed E-state index contributed by atoms with van der Waals surface area (Å²) in [6.45, 7) is 5.28. The molecule has 0 amide bonds. The van der Waals surface area contributed by atoms with Crippen LogP contribution >= 0.6 is 11.6 Å². The molecule has 0 spiro atoms. The summed E-state index contributed by atoms with van der Waals surface area (Å²) in [5.41, 5.74) is -0.719. The molecule has 4 unspecified atom stereocenters. The smallest absolute Gasteiger partial charge is 0.289 e. The van der Waals surface area contributed by atoms with Gasteiger partial charge in [-0.05, 0) is 6.92 Å². The van der Waals surface area contributed by atoms with Crippen LogP contribution < -0.4 is 0 Å².